The quantitative estimate of drug-likeness (QED) is 0.856. The summed E-state index contributed by atoms with van der Waals surface area (Å²) in [4.78, 5) is 4.14. The Kier molecular flexibility index (Phi) is 3.22. The lowest BCUT2D eigenvalue weighted by molar-refractivity contribution is 0.382. The summed E-state index contributed by atoms with van der Waals surface area (Å²) in [6.07, 6.45) is 5.96. The van der Waals surface area contributed by atoms with Crippen molar-refractivity contribution in [1.29, 1.82) is 0 Å². The van der Waals surface area contributed by atoms with Crippen LogP contribution >= 0.6 is 0 Å². The lowest BCUT2D eigenvalue weighted by Crippen LogP contribution is -2.34. The zero-order valence-corrected chi connectivity index (χ0v) is 11.6. The van der Waals surface area contributed by atoms with E-state index in [0.717, 1.165) is 25.7 Å². The van der Waals surface area contributed by atoms with Crippen molar-refractivity contribution in [3.8, 4) is 0 Å². The van der Waals surface area contributed by atoms with Gasteiger partial charge in [0.1, 0.15) is 10.7 Å². The minimum atomic E-state index is -3.41. The van der Waals surface area contributed by atoms with E-state index in [2.05, 4.69) is 4.98 Å². The molecule has 1 aromatic rings. The van der Waals surface area contributed by atoms with Crippen LogP contribution in [0.4, 0.5) is 5.82 Å². The highest BCUT2D eigenvalue weighted by Gasteiger charge is 2.35. The van der Waals surface area contributed by atoms with Crippen molar-refractivity contribution in [1.82, 2.24) is 9.29 Å². The second-order valence-electron chi connectivity index (χ2n) is 5.63. The van der Waals surface area contributed by atoms with E-state index in [-0.39, 0.29) is 4.90 Å². The molecule has 0 saturated heterocycles. The van der Waals surface area contributed by atoms with Crippen LogP contribution in [0.3, 0.4) is 0 Å². The minimum Gasteiger partial charge on any atom is -0.384 e. The van der Waals surface area contributed by atoms with Crippen LogP contribution in [0.1, 0.15) is 25.7 Å². The second kappa shape index (κ2) is 4.76. The zero-order chi connectivity index (χ0) is 13.5. The van der Waals surface area contributed by atoms with Crippen LogP contribution in [-0.2, 0) is 10.0 Å². The molecule has 3 rings (SSSR count). The predicted octanol–water partition coefficient (Wildman–Crippen LogP) is 1.47. The van der Waals surface area contributed by atoms with Crippen LogP contribution < -0.4 is 5.73 Å². The van der Waals surface area contributed by atoms with Gasteiger partial charge in [-0.05, 0) is 49.7 Å². The van der Waals surface area contributed by atoms with Crippen molar-refractivity contribution in [3.05, 3.63) is 18.3 Å². The van der Waals surface area contributed by atoms with E-state index in [1.165, 1.54) is 6.20 Å². The third kappa shape index (κ3) is 3.06. The first-order chi connectivity index (χ1) is 9.05. The number of hydrogen-bond acceptors (Lipinski definition) is 4. The molecule has 2 saturated carbocycles. The fraction of sp³-hybridized carbons (Fsp3) is 0.615. The summed E-state index contributed by atoms with van der Waals surface area (Å²) in [5.41, 5.74) is 5.51. The molecule has 0 aromatic carbocycles. The highest BCUT2D eigenvalue weighted by molar-refractivity contribution is 7.89. The van der Waals surface area contributed by atoms with Crippen LogP contribution in [0.15, 0.2) is 23.2 Å². The molecule has 0 unspecified atom stereocenters. The first-order valence-corrected chi connectivity index (χ1v) is 8.21. The van der Waals surface area contributed by atoms with Crippen molar-refractivity contribution in [2.45, 2.75) is 30.6 Å². The molecule has 1 heterocycles. The minimum absolute atomic E-state index is 0.253. The van der Waals surface area contributed by atoms with Gasteiger partial charge >= 0.3 is 0 Å². The van der Waals surface area contributed by atoms with Crippen molar-refractivity contribution < 1.29 is 8.42 Å². The molecule has 0 radical (unpaired) electrons. The van der Waals surface area contributed by atoms with E-state index in [1.807, 2.05) is 0 Å². The maximum absolute atomic E-state index is 12.6. The topological polar surface area (TPSA) is 76.3 Å². The molecule has 1 aromatic heterocycles. The number of nitrogens with two attached hydrogens (primary N) is 1. The van der Waals surface area contributed by atoms with Crippen LogP contribution in [-0.4, -0.2) is 30.8 Å². The molecular formula is C13H19N3O2S. The molecule has 2 aliphatic carbocycles. The van der Waals surface area contributed by atoms with Gasteiger partial charge in [-0.3, -0.25) is 0 Å². The van der Waals surface area contributed by atoms with Gasteiger partial charge in [-0.2, -0.15) is 4.31 Å². The summed E-state index contributed by atoms with van der Waals surface area (Å²) in [6, 6.07) is 3.09. The van der Waals surface area contributed by atoms with E-state index < -0.39 is 10.0 Å². The number of aromatic nitrogens is 1. The van der Waals surface area contributed by atoms with Crippen LogP contribution in [0, 0.1) is 11.8 Å². The molecule has 2 N–H and O–H groups in total. The summed E-state index contributed by atoms with van der Waals surface area (Å²) < 4.78 is 26.9. The van der Waals surface area contributed by atoms with Crippen LogP contribution in [0.25, 0.3) is 0 Å². The Morgan fingerprint density at radius 2 is 1.74 bits per heavy atom. The third-order valence-electron chi connectivity index (χ3n) is 3.71. The first-order valence-electron chi connectivity index (χ1n) is 6.77. The second-order valence-corrected chi connectivity index (χ2v) is 7.57. The van der Waals surface area contributed by atoms with Gasteiger partial charge < -0.3 is 5.73 Å². The van der Waals surface area contributed by atoms with E-state index >= 15 is 0 Å². The number of nitrogens with zero attached hydrogens (tertiary/aromatic N) is 2. The van der Waals surface area contributed by atoms with Crippen molar-refractivity contribution in [3.63, 3.8) is 0 Å². The summed E-state index contributed by atoms with van der Waals surface area (Å²) in [5.74, 6) is 1.44. The molecule has 104 valence electrons. The largest absolute Gasteiger partial charge is 0.384 e. The summed E-state index contributed by atoms with van der Waals surface area (Å²) in [5, 5.41) is 0. The predicted molar refractivity (Wildman–Crippen MR) is 72.9 cm³/mol. The molecule has 0 atom stereocenters. The fourth-order valence-corrected chi connectivity index (χ4v) is 3.68. The van der Waals surface area contributed by atoms with E-state index in [4.69, 9.17) is 5.73 Å². The Morgan fingerprint density at radius 1 is 1.16 bits per heavy atom. The van der Waals surface area contributed by atoms with Crippen LogP contribution in [0.2, 0.25) is 0 Å². The number of pyridine rings is 1. The summed E-state index contributed by atoms with van der Waals surface area (Å²) in [7, 11) is -3.41. The highest BCUT2D eigenvalue weighted by Crippen LogP contribution is 2.35. The highest BCUT2D eigenvalue weighted by atomic mass is 32.2. The molecule has 0 aliphatic heterocycles. The lowest BCUT2D eigenvalue weighted by atomic mass is 10.4. The molecular weight excluding hydrogens is 262 g/mol. The van der Waals surface area contributed by atoms with Gasteiger partial charge in [0, 0.05) is 19.3 Å². The Bertz CT molecular complexity index is 534. The molecule has 0 amide bonds. The zero-order valence-electron chi connectivity index (χ0n) is 10.8. The Hall–Kier alpha value is -1.14. The molecule has 2 aliphatic rings. The Morgan fingerprint density at radius 3 is 2.16 bits per heavy atom. The average Bonchev–Trinajstić information content (AvgIpc) is 3.23. The first kappa shape index (κ1) is 12.9. The average molecular weight is 281 g/mol. The van der Waals surface area contributed by atoms with E-state index in [9.17, 15) is 8.42 Å². The maximum Gasteiger partial charge on any atom is 0.244 e. The van der Waals surface area contributed by atoms with Gasteiger partial charge in [0.25, 0.3) is 0 Å². The van der Waals surface area contributed by atoms with E-state index in [1.54, 1.807) is 16.4 Å². The lowest BCUT2D eigenvalue weighted by Gasteiger charge is -2.21. The number of hydrogen-bond donors (Lipinski definition) is 1. The monoisotopic (exact) mass is 281 g/mol. The third-order valence-corrected chi connectivity index (χ3v) is 5.53. The molecule has 0 bridgehead atoms. The standard InChI is InChI=1S/C13H19N3O2S/c14-13-6-5-12(7-15-13)19(17,18)16(8-10-1-2-10)9-11-3-4-11/h5-7,10-11H,1-4,8-9H2,(H2,14,15). The summed E-state index contributed by atoms with van der Waals surface area (Å²) in [6.45, 7) is 1.31. The molecule has 0 spiro atoms. The fourth-order valence-electron chi connectivity index (χ4n) is 2.14. The SMILES string of the molecule is Nc1ccc(S(=O)(=O)N(CC2CC2)CC2CC2)cn1. The van der Waals surface area contributed by atoms with Crippen LogP contribution in [0.5, 0.6) is 0 Å². The smallest absolute Gasteiger partial charge is 0.244 e. The molecule has 6 heteroatoms. The number of anilines is 1. The number of nitrogen functional groups attached to an aromatic ring is 1. The maximum atomic E-state index is 12.6. The Balaban J connectivity index is 1.82. The van der Waals surface area contributed by atoms with Crippen molar-refractivity contribution in [2.75, 3.05) is 18.8 Å². The van der Waals surface area contributed by atoms with Gasteiger partial charge in [0.15, 0.2) is 0 Å². The molecule has 5 nitrogen and oxygen atoms in total. The van der Waals surface area contributed by atoms with Crippen molar-refractivity contribution >= 4 is 15.8 Å². The number of sulfonamides is 1. The van der Waals surface area contributed by atoms with Gasteiger partial charge in [0.2, 0.25) is 10.0 Å². The van der Waals surface area contributed by atoms with E-state index in [0.29, 0.717) is 30.7 Å². The van der Waals surface area contributed by atoms with Crippen molar-refractivity contribution in [2.24, 2.45) is 11.8 Å². The summed E-state index contributed by atoms with van der Waals surface area (Å²) >= 11 is 0. The van der Waals surface area contributed by atoms with Gasteiger partial charge in [-0.25, -0.2) is 13.4 Å². The van der Waals surface area contributed by atoms with Gasteiger partial charge in [-0.15, -0.1) is 0 Å². The normalized spacial score (nSPS) is 19.8. The molecule has 2 fully saturated rings. The number of rotatable bonds is 6. The van der Waals surface area contributed by atoms with Gasteiger partial charge in [0.05, 0.1) is 0 Å². The Labute approximate surface area is 113 Å². The molecule has 19 heavy (non-hydrogen) atoms. The van der Waals surface area contributed by atoms with Gasteiger partial charge in [-0.1, -0.05) is 0 Å².